The van der Waals surface area contributed by atoms with Gasteiger partial charge in [0.15, 0.2) is 0 Å². The third-order valence-corrected chi connectivity index (χ3v) is 10.9. The summed E-state index contributed by atoms with van der Waals surface area (Å²) in [7, 11) is -1.77. The molecule has 0 aliphatic heterocycles. The summed E-state index contributed by atoms with van der Waals surface area (Å²) in [5.41, 5.74) is 0. The standard InChI is InChI=1S/C28H18OP.C14H9Br.Mg.2H/c29-30(27-17-19-9-1-3-11-21(19)23-13-5-7-15-25(23)27)28-18-20-10-2-4-12-22(20)24-14-6-8-16-26(24)28;15-14-9-10-5-1-2-6-11(10)12-7-3-4-8-13(12)14;;;/h1-18H;1-9H;;;/q+1;;+2;2*-1. The average molecular weight is 685 g/mol. The van der Waals surface area contributed by atoms with Crippen molar-refractivity contribution in [2.45, 2.75) is 0 Å². The van der Waals surface area contributed by atoms with Crippen molar-refractivity contribution in [1.29, 1.82) is 0 Å². The number of halogens is 1. The molecule has 216 valence electrons. The van der Waals surface area contributed by atoms with Gasteiger partial charge in [-0.2, -0.15) is 0 Å². The summed E-state index contributed by atoms with van der Waals surface area (Å²) < 4.78 is 15.3. The van der Waals surface area contributed by atoms with Gasteiger partial charge in [0.1, 0.15) is 0 Å². The summed E-state index contributed by atoms with van der Waals surface area (Å²) in [6.07, 6.45) is 0. The van der Waals surface area contributed by atoms with Gasteiger partial charge in [0.25, 0.3) is 0 Å². The predicted molar refractivity (Wildman–Crippen MR) is 207 cm³/mol. The first kappa shape index (κ1) is 30.5. The topological polar surface area (TPSA) is 17.1 Å². The van der Waals surface area contributed by atoms with Crippen LogP contribution in [-0.2, 0) is 4.57 Å². The van der Waals surface area contributed by atoms with Crippen molar-refractivity contribution < 1.29 is 7.42 Å². The Labute approximate surface area is 295 Å². The number of hydrogen-bond donors (Lipinski definition) is 0. The molecule has 0 N–H and O–H groups in total. The molecule has 0 saturated carbocycles. The second-order valence-corrected chi connectivity index (χ2v) is 13.7. The predicted octanol–water partition coefficient (Wildman–Crippen LogP) is 11.7. The van der Waals surface area contributed by atoms with Gasteiger partial charge >= 0.3 is 30.9 Å². The summed E-state index contributed by atoms with van der Waals surface area (Å²) in [5.74, 6) is 0. The van der Waals surface area contributed by atoms with E-state index in [4.69, 9.17) is 0 Å². The Balaban J connectivity index is 0.000000213. The van der Waals surface area contributed by atoms with E-state index in [-0.39, 0.29) is 25.9 Å². The van der Waals surface area contributed by atoms with E-state index < -0.39 is 7.80 Å². The fraction of sp³-hybridized carbons (Fsp3) is 0. The van der Waals surface area contributed by atoms with E-state index in [1.807, 2.05) is 24.3 Å². The molecule has 0 spiro atoms. The van der Waals surface area contributed by atoms with Gasteiger partial charge < -0.3 is 2.85 Å². The third-order valence-electron chi connectivity index (χ3n) is 8.65. The van der Waals surface area contributed by atoms with Crippen LogP contribution >= 0.6 is 23.7 Å². The largest absolute Gasteiger partial charge is 2.00 e. The fourth-order valence-corrected chi connectivity index (χ4v) is 8.74. The second-order valence-electron chi connectivity index (χ2n) is 11.2. The summed E-state index contributed by atoms with van der Waals surface area (Å²) in [6, 6.07) is 56.6. The molecule has 0 aliphatic rings. The minimum absolute atomic E-state index is 0. The SMILES string of the molecule is Brc1cc2ccccc2c2ccccc12.O=[P+](c1cc2ccccc2c2ccccc12)c1cc2ccccc2c2ccccc12.[H-].[H-].[Mg+2]. The molecule has 4 heteroatoms. The van der Waals surface area contributed by atoms with E-state index >= 15 is 0 Å². The molecule has 9 aromatic rings. The first-order valence-corrected chi connectivity index (χ1v) is 17.1. The van der Waals surface area contributed by atoms with E-state index in [9.17, 15) is 4.57 Å². The van der Waals surface area contributed by atoms with Crippen molar-refractivity contribution in [3.8, 4) is 0 Å². The molecule has 0 heterocycles. The molecule has 0 atom stereocenters. The number of hydrogen-bond acceptors (Lipinski definition) is 1. The molecule has 0 aliphatic carbocycles. The minimum Gasteiger partial charge on any atom is -1.00 e. The fourth-order valence-electron chi connectivity index (χ4n) is 6.54. The second kappa shape index (κ2) is 12.9. The van der Waals surface area contributed by atoms with Crippen molar-refractivity contribution >= 4 is 122 Å². The zero-order chi connectivity index (χ0) is 30.3. The molecule has 0 amide bonds. The van der Waals surface area contributed by atoms with Crippen LogP contribution in [0.4, 0.5) is 0 Å². The molecular weight excluding hydrogens is 656 g/mol. The molecule has 0 fully saturated rings. The van der Waals surface area contributed by atoms with Crippen LogP contribution in [0.2, 0.25) is 0 Å². The van der Waals surface area contributed by atoms with Gasteiger partial charge in [-0.3, -0.25) is 0 Å². The molecule has 46 heavy (non-hydrogen) atoms. The Hall–Kier alpha value is -4.11. The quantitative estimate of drug-likeness (QED) is 0.101. The number of rotatable bonds is 2. The molecule has 0 bridgehead atoms. The van der Waals surface area contributed by atoms with Crippen molar-refractivity contribution in [3.05, 3.63) is 168 Å². The Morgan fingerprint density at radius 1 is 0.370 bits per heavy atom. The van der Waals surface area contributed by atoms with Crippen LogP contribution in [0, 0.1) is 0 Å². The first-order valence-electron chi connectivity index (χ1n) is 15.0. The number of fused-ring (bicyclic) bond motifs is 9. The smallest absolute Gasteiger partial charge is 1.00 e. The Morgan fingerprint density at radius 3 is 1.07 bits per heavy atom. The van der Waals surface area contributed by atoms with Crippen LogP contribution in [0.5, 0.6) is 0 Å². The molecule has 9 aromatic carbocycles. The van der Waals surface area contributed by atoms with Gasteiger partial charge in [0.05, 0.1) is 0 Å². The van der Waals surface area contributed by atoms with Crippen LogP contribution in [0.15, 0.2) is 168 Å². The summed E-state index contributed by atoms with van der Waals surface area (Å²) in [5, 5.41) is 16.1. The van der Waals surface area contributed by atoms with Crippen molar-refractivity contribution in [3.63, 3.8) is 0 Å². The van der Waals surface area contributed by atoms with E-state index in [0.29, 0.717) is 0 Å². The molecule has 1 nitrogen and oxygen atoms in total. The molecule has 0 radical (unpaired) electrons. The number of benzene rings is 9. The normalized spacial score (nSPS) is 11.1. The van der Waals surface area contributed by atoms with Gasteiger partial charge in [-0.15, -0.1) is 0 Å². The summed E-state index contributed by atoms with van der Waals surface area (Å²) in [6.45, 7) is 0. The van der Waals surface area contributed by atoms with Crippen LogP contribution in [-0.4, -0.2) is 23.1 Å². The zero-order valence-corrected chi connectivity index (χ0v) is 28.9. The third kappa shape index (κ3) is 5.38. The molecule has 0 aromatic heterocycles. The minimum atomic E-state index is -1.77. The maximum absolute atomic E-state index is 14.1. The Morgan fingerprint density at radius 2 is 0.652 bits per heavy atom. The molecule has 0 unspecified atom stereocenters. The van der Waals surface area contributed by atoms with Crippen molar-refractivity contribution in [1.82, 2.24) is 0 Å². The average Bonchev–Trinajstić information content (AvgIpc) is 3.11. The molecule has 9 rings (SSSR count). The maximum atomic E-state index is 14.1. The van der Waals surface area contributed by atoms with E-state index in [1.165, 1.54) is 32.3 Å². The maximum Gasteiger partial charge on any atom is 2.00 e. The van der Waals surface area contributed by atoms with E-state index in [2.05, 4.69) is 155 Å². The van der Waals surface area contributed by atoms with Gasteiger partial charge in [0.2, 0.25) is 10.6 Å². The molecular formula is C42H29BrMgOP+. The van der Waals surface area contributed by atoms with E-state index in [0.717, 1.165) is 47.4 Å². The van der Waals surface area contributed by atoms with Crippen molar-refractivity contribution in [2.24, 2.45) is 0 Å². The van der Waals surface area contributed by atoms with Crippen LogP contribution < -0.4 is 10.6 Å². The van der Waals surface area contributed by atoms with Gasteiger partial charge in [-0.25, -0.2) is 0 Å². The van der Waals surface area contributed by atoms with Gasteiger partial charge in [0, 0.05) is 27.4 Å². The Bertz CT molecular complexity index is 2480. The first-order chi connectivity index (χ1) is 22.2. The zero-order valence-electron chi connectivity index (χ0n) is 27.0. The summed E-state index contributed by atoms with van der Waals surface area (Å²) in [4.78, 5) is 0. The van der Waals surface area contributed by atoms with Gasteiger partial charge in [-0.1, -0.05) is 154 Å². The summed E-state index contributed by atoms with van der Waals surface area (Å²) >= 11 is 3.62. The van der Waals surface area contributed by atoms with E-state index in [1.54, 1.807) is 0 Å². The monoisotopic (exact) mass is 683 g/mol. The molecule has 0 saturated heterocycles. The van der Waals surface area contributed by atoms with Crippen LogP contribution in [0.1, 0.15) is 2.85 Å². The Kier molecular flexibility index (Phi) is 8.59. The van der Waals surface area contributed by atoms with Gasteiger partial charge in [-0.05, 0) is 72.1 Å². The van der Waals surface area contributed by atoms with Crippen LogP contribution in [0.25, 0.3) is 64.6 Å². The van der Waals surface area contributed by atoms with Crippen molar-refractivity contribution in [2.75, 3.05) is 0 Å². The van der Waals surface area contributed by atoms with Crippen LogP contribution in [0.3, 0.4) is 0 Å².